The molecule has 0 amide bonds. The predicted molar refractivity (Wildman–Crippen MR) is 426 cm³/mol. The van der Waals surface area contributed by atoms with Crippen LogP contribution in [0.2, 0.25) is 0 Å². The van der Waals surface area contributed by atoms with Crippen molar-refractivity contribution in [1.82, 2.24) is 39.9 Å². The summed E-state index contributed by atoms with van der Waals surface area (Å²) in [4.78, 5) is 38.9. The minimum absolute atomic E-state index is 0.643. The molecule has 0 radical (unpaired) electrons. The Morgan fingerprint density at radius 3 is 0.769 bits per heavy atom. The van der Waals surface area contributed by atoms with Crippen molar-refractivity contribution in [3.63, 3.8) is 0 Å². The van der Waals surface area contributed by atoms with E-state index in [-0.39, 0.29) is 0 Å². The lowest BCUT2D eigenvalue weighted by atomic mass is 9.94. The number of nitrogens with zero attached hydrogens (tertiary/aromatic N) is 8. The Morgan fingerprint density at radius 1 is 0.144 bits per heavy atom. The van der Waals surface area contributed by atoms with Crippen LogP contribution in [0.15, 0.2) is 388 Å². The Hall–Kier alpha value is -14.1. The van der Waals surface area contributed by atoms with Gasteiger partial charge in [-0.25, -0.2) is 34.9 Å². The van der Waals surface area contributed by atoms with Gasteiger partial charge in [-0.3, -0.25) is 4.98 Å². The van der Waals surface area contributed by atoms with Crippen molar-refractivity contribution in [2.45, 2.75) is 0 Å². The summed E-state index contributed by atoms with van der Waals surface area (Å²) in [5, 5.41) is 4.79. The molecule has 18 rings (SSSR count). The normalized spacial score (nSPS) is 11.1. The number of rotatable bonds is 14. The van der Waals surface area contributed by atoms with E-state index >= 15 is 0 Å². The predicted octanol–water partition coefficient (Wildman–Crippen LogP) is 24.2. The zero-order valence-corrected chi connectivity index (χ0v) is 56.5. The standard InChI is InChI=1S/C54H36N4.C42H28N4/c1-5-14-37(15-6-1)47-35-50(40-16-7-2-8-17-40)55-51(36-47)41-28-24-38(25-29-41)45-32-33-49-46(34-45)22-13-23-48(49)39-26-30-44(31-27-39)54-57-52(42-18-9-3-10-19-42)56-53(58-54)43-20-11-4-12-21-43;1-3-10-32(11-4-1)40-44-41(33-12-5-2-6-13-33)46-42(45-40)34-23-19-30(20-24-34)37-15-9-14-36-28-35(25-26-38(36)37)29-17-21-31(22-18-29)39-16-7-8-27-43-39/h1-36H;1-28H. The molecule has 0 saturated heterocycles. The van der Waals surface area contributed by atoms with Gasteiger partial charge < -0.3 is 0 Å². The third kappa shape index (κ3) is 13.7. The first kappa shape index (κ1) is 63.4. The van der Waals surface area contributed by atoms with Gasteiger partial charge in [0.25, 0.3) is 0 Å². The van der Waals surface area contributed by atoms with Gasteiger partial charge in [0.05, 0.1) is 17.1 Å². The van der Waals surface area contributed by atoms with Crippen LogP contribution in [0, 0.1) is 0 Å². The van der Waals surface area contributed by atoms with Gasteiger partial charge in [0.2, 0.25) is 0 Å². The monoisotopic (exact) mass is 1330 g/mol. The Bertz CT molecular complexity index is 5840. The smallest absolute Gasteiger partial charge is 0.164 e. The van der Waals surface area contributed by atoms with Gasteiger partial charge in [-0.1, -0.05) is 346 Å². The second kappa shape index (κ2) is 29.0. The summed E-state index contributed by atoms with van der Waals surface area (Å²) >= 11 is 0. The quantitative estimate of drug-likeness (QED) is 0.106. The number of aromatic nitrogens is 8. The maximum Gasteiger partial charge on any atom is 0.164 e. The highest BCUT2D eigenvalue weighted by Gasteiger charge is 2.17. The molecule has 0 aliphatic carbocycles. The number of benzene rings is 14. The fraction of sp³-hybridized carbons (Fsp3) is 0. The molecule has 8 nitrogen and oxygen atoms in total. The summed E-state index contributed by atoms with van der Waals surface area (Å²) in [7, 11) is 0. The maximum absolute atomic E-state index is 5.13. The van der Waals surface area contributed by atoms with Gasteiger partial charge in [-0.15, -0.1) is 0 Å². The highest BCUT2D eigenvalue weighted by atomic mass is 15.0. The zero-order valence-electron chi connectivity index (χ0n) is 56.5. The van der Waals surface area contributed by atoms with Crippen LogP contribution >= 0.6 is 0 Å². The molecular weight excluding hydrogens is 1270 g/mol. The van der Waals surface area contributed by atoms with Gasteiger partial charge in [-0.2, -0.15) is 0 Å². The molecule has 14 aromatic carbocycles. The van der Waals surface area contributed by atoms with Crippen LogP contribution < -0.4 is 0 Å². The van der Waals surface area contributed by atoms with E-state index in [9.17, 15) is 0 Å². The number of fused-ring (bicyclic) bond motifs is 2. The van der Waals surface area contributed by atoms with E-state index in [0.29, 0.717) is 34.9 Å². The maximum atomic E-state index is 5.13. The minimum atomic E-state index is 0.643. The molecular formula is C96H64N8. The average molecular weight is 1330 g/mol. The van der Waals surface area contributed by atoms with Crippen LogP contribution in [-0.4, -0.2) is 39.9 Å². The summed E-state index contributed by atoms with van der Waals surface area (Å²) in [6.07, 6.45) is 1.83. The lowest BCUT2D eigenvalue weighted by Crippen LogP contribution is -2.00. The first-order chi connectivity index (χ1) is 51.5. The fourth-order valence-corrected chi connectivity index (χ4v) is 13.3. The molecule has 0 atom stereocenters. The van der Waals surface area contributed by atoms with Gasteiger partial charge >= 0.3 is 0 Å². The topological polar surface area (TPSA) is 103 Å². The molecule has 0 aliphatic rings. The lowest BCUT2D eigenvalue weighted by Gasteiger charge is -2.12. The van der Waals surface area contributed by atoms with E-state index in [0.717, 1.165) is 89.4 Å². The van der Waals surface area contributed by atoms with E-state index in [4.69, 9.17) is 34.9 Å². The second-order valence-corrected chi connectivity index (χ2v) is 25.4. The summed E-state index contributed by atoms with van der Waals surface area (Å²) < 4.78 is 0. The van der Waals surface area contributed by atoms with Crippen LogP contribution in [0.1, 0.15) is 0 Å². The minimum Gasteiger partial charge on any atom is -0.256 e. The third-order valence-electron chi connectivity index (χ3n) is 18.8. The molecule has 0 fully saturated rings. The zero-order chi connectivity index (χ0) is 69.4. The Labute approximate surface area is 603 Å². The Kier molecular flexibility index (Phi) is 17.7. The fourth-order valence-electron chi connectivity index (χ4n) is 13.3. The van der Waals surface area contributed by atoms with Gasteiger partial charge in [0, 0.05) is 56.3 Å². The summed E-state index contributed by atoms with van der Waals surface area (Å²) in [6.45, 7) is 0. The van der Waals surface area contributed by atoms with Crippen molar-refractivity contribution in [3.05, 3.63) is 388 Å². The summed E-state index contributed by atoms with van der Waals surface area (Å²) in [6, 6.07) is 132. The molecule has 0 spiro atoms. The first-order valence-corrected chi connectivity index (χ1v) is 34.8. The van der Waals surface area contributed by atoms with Crippen LogP contribution in [0.25, 0.3) is 179 Å². The molecule has 18 aromatic rings. The molecule has 8 heteroatoms. The molecule has 0 N–H and O–H groups in total. The highest BCUT2D eigenvalue weighted by molar-refractivity contribution is 6.00. The van der Waals surface area contributed by atoms with Gasteiger partial charge in [-0.05, 0) is 114 Å². The lowest BCUT2D eigenvalue weighted by molar-refractivity contribution is 1.07. The third-order valence-corrected chi connectivity index (χ3v) is 18.8. The molecule has 0 bridgehead atoms. The van der Waals surface area contributed by atoms with E-state index in [1.54, 1.807) is 0 Å². The van der Waals surface area contributed by atoms with E-state index < -0.39 is 0 Å². The van der Waals surface area contributed by atoms with Crippen molar-refractivity contribution >= 4 is 21.5 Å². The molecule has 4 heterocycles. The molecule has 0 aliphatic heterocycles. The van der Waals surface area contributed by atoms with Crippen LogP contribution in [-0.2, 0) is 0 Å². The van der Waals surface area contributed by atoms with E-state index in [1.165, 1.54) is 54.9 Å². The molecule has 0 unspecified atom stereocenters. The summed E-state index contributed by atoms with van der Waals surface area (Å²) in [5.41, 5.74) is 23.5. The molecule has 488 valence electrons. The van der Waals surface area contributed by atoms with Crippen LogP contribution in [0.5, 0.6) is 0 Å². The van der Waals surface area contributed by atoms with Crippen molar-refractivity contribution in [3.8, 4) is 158 Å². The second-order valence-electron chi connectivity index (χ2n) is 25.4. The van der Waals surface area contributed by atoms with Crippen LogP contribution in [0.4, 0.5) is 0 Å². The van der Waals surface area contributed by atoms with Crippen molar-refractivity contribution in [2.75, 3.05) is 0 Å². The van der Waals surface area contributed by atoms with E-state index in [1.807, 2.05) is 152 Å². The molecule has 4 aromatic heterocycles. The largest absolute Gasteiger partial charge is 0.256 e. The number of pyridine rings is 2. The Morgan fingerprint density at radius 2 is 0.413 bits per heavy atom. The Balaban J connectivity index is 0.000000158. The average Bonchev–Trinajstić information content (AvgIpc) is 0.777. The molecule has 0 saturated carbocycles. The van der Waals surface area contributed by atoms with Gasteiger partial charge in [0.15, 0.2) is 34.9 Å². The van der Waals surface area contributed by atoms with Crippen molar-refractivity contribution in [1.29, 1.82) is 0 Å². The van der Waals surface area contributed by atoms with Crippen molar-refractivity contribution < 1.29 is 0 Å². The summed E-state index contributed by atoms with van der Waals surface area (Å²) in [5.74, 6) is 3.91. The SMILES string of the molecule is c1ccc(-c2cc(-c3ccccc3)nc(-c3ccc(-c4ccc5c(-c6ccc(-c7nc(-c8ccccc8)nc(-c8ccccc8)n7)cc6)cccc5c4)cc3)c2)cc1.c1ccc(-c2nc(-c3ccccc3)nc(-c3ccc(-c4cccc5cc(-c6ccc(-c7ccccn7)cc6)ccc45)cc3)n2)cc1. The first-order valence-electron chi connectivity index (χ1n) is 34.8. The van der Waals surface area contributed by atoms with Crippen LogP contribution in [0.3, 0.4) is 0 Å². The van der Waals surface area contributed by atoms with E-state index in [2.05, 4.69) is 242 Å². The number of hydrogen-bond donors (Lipinski definition) is 0. The van der Waals surface area contributed by atoms with Gasteiger partial charge in [0.1, 0.15) is 0 Å². The van der Waals surface area contributed by atoms with Crippen molar-refractivity contribution in [2.24, 2.45) is 0 Å². The molecule has 104 heavy (non-hydrogen) atoms. The number of hydrogen-bond acceptors (Lipinski definition) is 8. The highest BCUT2D eigenvalue weighted by Crippen LogP contribution is 2.38.